The highest BCUT2D eigenvalue weighted by atomic mass is 19.1. The van der Waals surface area contributed by atoms with Crippen LogP contribution in [0.3, 0.4) is 0 Å². The van der Waals surface area contributed by atoms with Crippen molar-refractivity contribution in [3.8, 4) is 0 Å². The molecule has 1 fully saturated rings. The fourth-order valence-electron chi connectivity index (χ4n) is 3.35. The summed E-state index contributed by atoms with van der Waals surface area (Å²) in [7, 11) is 0. The average Bonchev–Trinajstić information content (AvgIpc) is 2.36. The molecular weight excluding hydrogens is 256 g/mol. The molecule has 0 spiro atoms. The molecule has 0 radical (unpaired) electrons. The van der Waals surface area contributed by atoms with Gasteiger partial charge in [0.05, 0.1) is 0 Å². The molecule has 3 unspecified atom stereocenters. The number of hydrogen-bond acceptors (Lipinski definition) is 1. The molecule has 1 aliphatic carbocycles. The normalized spacial score (nSPS) is 26.7. The summed E-state index contributed by atoms with van der Waals surface area (Å²) in [5, 5.41) is 3.60. The summed E-state index contributed by atoms with van der Waals surface area (Å²) >= 11 is 0. The maximum atomic E-state index is 13.3. The quantitative estimate of drug-likeness (QED) is 0.848. The van der Waals surface area contributed by atoms with Crippen LogP contribution in [0.25, 0.3) is 0 Å². The first-order chi connectivity index (χ1) is 9.58. The zero-order chi connectivity index (χ0) is 14.5. The molecule has 2 rings (SSSR count). The summed E-state index contributed by atoms with van der Waals surface area (Å²) in [6, 6.07) is 4.37. The van der Waals surface area contributed by atoms with Gasteiger partial charge in [0, 0.05) is 12.1 Å². The van der Waals surface area contributed by atoms with E-state index in [1.807, 2.05) is 0 Å². The van der Waals surface area contributed by atoms with Crippen LogP contribution in [0.15, 0.2) is 18.2 Å². The second-order valence-electron chi connectivity index (χ2n) is 6.22. The van der Waals surface area contributed by atoms with Gasteiger partial charge in [0.25, 0.3) is 0 Å². The lowest BCUT2D eigenvalue weighted by Crippen LogP contribution is -2.41. The third-order valence-corrected chi connectivity index (χ3v) is 4.32. The van der Waals surface area contributed by atoms with Gasteiger partial charge >= 0.3 is 0 Å². The maximum Gasteiger partial charge on any atom is 0.126 e. The highest BCUT2D eigenvalue weighted by Crippen LogP contribution is 2.31. The summed E-state index contributed by atoms with van der Waals surface area (Å²) in [6.07, 6.45) is 5.44. The standard InChI is InChI=1S/C17H25F2N/c1-3-6-20-17-5-4-12(2)7-14(17)8-13-9-15(18)11-16(19)10-13/h9-12,14,17,20H,3-8H2,1-2H3. The van der Waals surface area contributed by atoms with E-state index in [2.05, 4.69) is 19.2 Å². The van der Waals surface area contributed by atoms with Crippen molar-refractivity contribution in [3.63, 3.8) is 0 Å². The van der Waals surface area contributed by atoms with E-state index < -0.39 is 11.6 Å². The largest absolute Gasteiger partial charge is 0.314 e. The first-order valence-electron chi connectivity index (χ1n) is 7.76. The molecule has 20 heavy (non-hydrogen) atoms. The molecule has 1 saturated carbocycles. The Morgan fingerprint density at radius 2 is 1.85 bits per heavy atom. The second-order valence-corrected chi connectivity index (χ2v) is 6.22. The minimum absolute atomic E-state index is 0.470. The average molecular weight is 281 g/mol. The van der Waals surface area contributed by atoms with Gasteiger partial charge in [-0.1, -0.05) is 13.8 Å². The molecule has 0 bridgehead atoms. The van der Waals surface area contributed by atoms with E-state index in [0.29, 0.717) is 17.9 Å². The van der Waals surface area contributed by atoms with Crippen LogP contribution in [0, 0.1) is 23.5 Å². The van der Waals surface area contributed by atoms with Crippen molar-refractivity contribution in [1.29, 1.82) is 0 Å². The van der Waals surface area contributed by atoms with Crippen LogP contribution in [-0.2, 0) is 6.42 Å². The molecule has 1 aromatic rings. The van der Waals surface area contributed by atoms with Gasteiger partial charge in [0.2, 0.25) is 0 Å². The van der Waals surface area contributed by atoms with Crippen LogP contribution >= 0.6 is 0 Å². The smallest absolute Gasteiger partial charge is 0.126 e. The molecular formula is C17H25F2N. The van der Waals surface area contributed by atoms with Gasteiger partial charge in [0.15, 0.2) is 0 Å². The summed E-state index contributed by atoms with van der Waals surface area (Å²) in [4.78, 5) is 0. The Balaban J connectivity index is 2.06. The van der Waals surface area contributed by atoms with E-state index in [0.717, 1.165) is 37.4 Å². The van der Waals surface area contributed by atoms with Crippen LogP contribution in [0.4, 0.5) is 8.78 Å². The zero-order valence-corrected chi connectivity index (χ0v) is 12.5. The van der Waals surface area contributed by atoms with E-state index in [4.69, 9.17) is 0 Å². The lowest BCUT2D eigenvalue weighted by molar-refractivity contribution is 0.212. The van der Waals surface area contributed by atoms with E-state index >= 15 is 0 Å². The van der Waals surface area contributed by atoms with Crippen LogP contribution in [0.1, 0.15) is 45.1 Å². The van der Waals surface area contributed by atoms with Crippen LogP contribution in [0.2, 0.25) is 0 Å². The number of rotatable bonds is 5. The molecule has 0 saturated heterocycles. The molecule has 0 heterocycles. The van der Waals surface area contributed by atoms with Crippen LogP contribution in [-0.4, -0.2) is 12.6 Å². The third-order valence-electron chi connectivity index (χ3n) is 4.32. The number of benzene rings is 1. The Labute approximate surface area is 120 Å². The van der Waals surface area contributed by atoms with Gasteiger partial charge in [0.1, 0.15) is 11.6 Å². The molecule has 1 aromatic carbocycles. The minimum atomic E-state index is -0.470. The maximum absolute atomic E-state index is 13.3. The summed E-state index contributed by atoms with van der Waals surface area (Å²) in [6.45, 7) is 5.46. The zero-order valence-electron chi connectivity index (χ0n) is 12.5. The Kier molecular flexibility index (Phi) is 5.53. The Hall–Kier alpha value is -0.960. The van der Waals surface area contributed by atoms with Crippen molar-refractivity contribution >= 4 is 0 Å². The predicted octanol–water partition coefficient (Wildman–Crippen LogP) is 4.31. The van der Waals surface area contributed by atoms with Crippen molar-refractivity contribution in [1.82, 2.24) is 5.32 Å². The van der Waals surface area contributed by atoms with Gasteiger partial charge in [-0.05, 0) is 68.2 Å². The SMILES string of the molecule is CCCNC1CCC(C)CC1Cc1cc(F)cc(F)c1. The molecule has 112 valence electrons. The molecule has 0 aliphatic heterocycles. The summed E-state index contributed by atoms with van der Waals surface area (Å²) < 4.78 is 26.6. The monoisotopic (exact) mass is 281 g/mol. The lowest BCUT2D eigenvalue weighted by atomic mass is 9.76. The van der Waals surface area contributed by atoms with Crippen molar-refractivity contribution in [2.24, 2.45) is 11.8 Å². The lowest BCUT2D eigenvalue weighted by Gasteiger charge is -2.35. The van der Waals surface area contributed by atoms with E-state index in [9.17, 15) is 8.78 Å². The van der Waals surface area contributed by atoms with E-state index in [1.54, 1.807) is 0 Å². The fourth-order valence-corrected chi connectivity index (χ4v) is 3.35. The third kappa shape index (κ3) is 4.27. The van der Waals surface area contributed by atoms with Crippen molar-refractivity contribution in [2.75, 3.05) is 6.54 Å². The summed E-state index contributed by atoms with van der Waals surface area (Å²) in [5.74, 6) is 0.244. The van der Waals surface area contributed by atoms with Crippen molar-refractivity contribution < 1.29 is 8.78 Å². The van der Waals surface area contributed by atoms with Crippen molar-refractivity contribution in [3.05, 3.63) is 35.4 Å². The Bertz CT molecular complexity index is 411. The van der Waals surface area contributed by atoms with E-state index in [1.165, 1.54) is 25.0 Å². The van der Waals surface area contributed by atoms with Crippen LogP contribution < -0.4 is 5.32 Å². The van der Waals surface area contributed by atoms with Gasteiger partial charge in [-0.2, -0.15) is 0 Å². The second kappa shape index (κ2) is 7.16. The van der Waals surface area contributed by atoms with Crippen molar-refractivity contribution in [2.45, 2.75) is 52.0 Å². The molecule has 1 nitrogen and oxygen atoms in total. The van der Waals surface area contributed by atoms with Gasteiger partial charge in [-0.25, -0.2) is 8.78 Å². The van der Waals surface area contributed by atoms with Gasteiger partial charge in [-0.15, -0.1) is 0 Å². The molecule has 0 amide bonds. The first kappa shape index (κ1) is 15.4. The van der Waals surface area contributed by atoms with E-state index in [-0.39, 0.29) is 0 Å². The Morgan fingerprint density at radius 1 is 1.15 bits per heavy atom. The first-order valence-corrected chi connectivity index (χ1v) is 7.76. The predicted molar refractivity (Wildman–Crippen MR) is 78.6 cm³/mol. The highest BCUT2D eigenvalue weighted by molar-refractivity contribution is 5.19. The number of nitrogens with one attached hydrogen (secondary N) is 1. The van der Waals surface area contributed by atoms with Crippen LogP contribution in [0.5, 0.6) is 0 Å². The highest BCUT2D eigenvalue weighted by Gasteiger charge is 2.28. The summed E-state index contributed by atoms with van der Waals surface area (Å²) in [5.41, 5.74) is 0.782. The molecule has 1 aliphatic rings. The fraction of sp³-hybridized carbons (Fsp3) is 0.647. The topological polar surface area (TPSA) is 12.0 Å². The molecule has 3 heteroatoms. The number of halogens is 2. The van der Waals surface area contributed by atoms with Gasteiger partial charge < -0.3 is 5.32 Å². The molecule has 3 atom stereocenters. The minimum Gasteiger partial charge on any atom is -0.314 e. The number of hydrogen-bond donors (Lipinski definition) is 1. The van der Waals surface area contributed by atoms with Gasteiger partial charge in [-0.3, -0.25) is 0 Å². The molecule has 0 aromatic heterocycles. The molecule has 1 N–H and O–H groups in total. The Morgan fingerprint density at radius 3 is 2.50 bits per heavy atom.